The summed E-state index contributed by atoms with van der Waals surface area (Å²) in [6.07, 6.45) is 0.490. The molecule has 1 aromatic heterocycles. The van der Waals surface area contributed by atoms with E-state index in [-0.39, 0.29) is 39.8 Å². The second-order valence-corrected chi connectivity index (χ2v) is 7.26. The minimum Gasteiger partial charge on any atom is -0.342 e. The van der Waals surface area contributed by atoms with Gasteiger partial charge in [0, 0.05) is 22.2 Å². The highest BCUT2D eigenvalue weighted by molar-refractivity contribution is 6.31. The van der Waals surface area contributed by atoms with Crippen LogP contribution in [0.5, 0.6) is 0 Å². The zero-order chi connectivity index (χ0) is 22.3. The molecule has 158 valence electrons. The molecule has 0 bridgehead atoms. The Labute approximate surface area is 178 Å². The number of nitrogens with zero attached hydrogens (tertiary/aromatic N) is 1. The maximum absolute atomic E-state index is 13.9. The summed E-state index contributed by atoms with van der Waals surface area (Å²) in [5.41, 5.74) is 0.355. The second kappa shape index (κ2) is 7.92. The average molecular weight is 448 g/mol. The van der Waals surface area contributed by atoms with Gasteiger partial charge in [-0.1, -0.05) is 11.6 Å². The fourth-order valence-corrected chi connectivity index (χ4v) is 3.76. The predicted octanol–water partition coefficient (Wildman–Crippen LogP) is 3.84. The minimum atomic E-state index is -0.988. The van der Waals surface area contributed by atoms with Crippen LogP contribution in [0, 0.1) is 17.5 Å². The molecule has 0 fully saturated rings. The fraction of sp³-hybridized carbons (Fsp3) is 0.0952. The standard InChI is InChI=1S/C21H13ClF3N3O3/c22-16-2-1-11(23)6-15(16)19-20-17(7-14(9-29)28(20)8-18(30)27-19)26-21(31)10-3-12(24)5-13(25)4-10/h1-7,9,19H,8H2,(H,26,31)(H,27,30). The average Bonchev–Trinajstić information content (AvgIpc) is 3.05. The van der Waals surface area contributed by atoms with Crippen molar-refractivity contribution >= 4 is 35.4 Å². The Morgan fingerprint density at radius 2 is 1.81 bits per heavy atom. The van der Waals surface area contributed by atoms with Crippen molar-refractivity contribution in [3.05, 3.63) is 87.5 Å². The predicted molar refractivity (Wildman–Crippen MR) is 106 cm³/mol. The Morgan fingerprint density at radius 3 is 2.48 bits per heavy atom. The van der Waals surface area contributed by atoms with E-state index in [4.69, 9.17) is 11.6 Å². The number of nitrogens with one attached hydrogen (secondary N) is 2. The van der Waals surface area contributed by atoms with Crippen LogP contribution in [0.15, 0.2) is 42.5 Å². The normalized spacial score (nSPS) is 15.2. The van der Waals surface area contributed by atoms with Gasteiger partial charge in [0.2, 0.25) is 5.91 Å². The van der Waals surface area contributed by atoms with Crippen molar-refractivity contribution < 1.29 is 27.6 Å². The summed E-state index contributed by atoms with van der Waals surface area (Å²) in [5.74, 6) is -3.77. The molecule has 1 aliphatic rings. The molecule has 6 nitrogen and oxygen atoms in total. The van der Waals surface area contributed by atoms with Crippen LogP contribution in [0.1, 0.15) is 38.1 Å². The third-order valence-electron chi connectivity index (χ3n) is 4.81. The van der Waals surface area contributed by atoms with Gasteiger partial charge < -0.3 is 15.2 Å². The highest BCUT2D eigenvalue weighted by Crippen LogP contribution is 2.37. The van der Waals surface area contributed by atoms with Crippen molar-refractivity contribution in [1.82, 2.24) is 9.88 Å². The molecule has 0 spiro atoms. The smallest absolute Gasteiger partial charge is 0.255 e. The highest BCUT2D eigenvalue weighted by atomic mass is 35.5. The van der Waals surface area contributed by atoms with Crippen molar-refractivity contribution in [3.8, 4) is 0 Å². The molecule has 2 amide bonds. The number of aldehydes is 1. The molecule has 0 saturated carbocycles. The topological polar surface area (TPSA) is 80.2 Å². The van der Waals surface area contributed by atoms with Crippen LogP contribution in [0.2, 0.25) is 5.02 Å². The molecule has 1 unspecified atom stereocenters. The van der Waals surface area contributed by atoms with E-state index >= 15 is 0 Å². The van der Waals surface area contributed by atoms with E-state index in [2.05, 4.69) is 10.6 Å². The maximum Gasteiger partial charge on any atom is 0.255 e. The first-order chi connectivity index (χ1) is 14.8. The molecule has 1 atom stereocenters. The molecule has 10 heteroatoms. The third kappa shape index (κ3) is 3.91. The number of aromatic nitrogens is 1. The van der Waals surface area contributed by atoms with Gasteiger partial charge in [0.05, 0.1) is 23.1 Å². The molecule has 2 heterocycles. The van der Waals surface area contributed by atoms with Crippen LogP contribution in [-0.4, -0.2) is 22.7 Å². The molecule has 0 radical (unpaired) electrons. The van der Waals surface area contributed by atoms with Crippen molar-refractivity contribution in [3.63, 3.8) is 0 Å². The lowest BCUT2D eigenvalue weighted by molar-refractivity contribution is -0.123. The van der Waals surface area contributed by atoms with Gasteiger partial charge in [0.25, 0.3) is 5.91 Å². The number of halogens is 4. The SMILES string of the molecule is O=Cc1cc(NC(=O)c2cc(F)cc(F)c2)c2n1CC(=O)NC2c1cc(F)ccc1Cl. The van der Waals surface area contributed by atoms with E-state index in [9.17, 15) is 27.6 Å². The van der Waals surface area contributed by atoms with Gasteiger partial charge in [-0.25, -0.2) is 13.2 Å². The van der Waals surface area contributed by atoms with Gasteiger partial charge in [-0.05, 0) is 36.4 Å². The molecule has 2 aromatic carbocycles. The van der Waals surface area contributed by atoms with Crippen molar-refractivity contribution in [2.45, 2.75) is 12.6 Å². The minimum absolute atomic E-state index is 0.0723. The lowest BCUT2D eigenvalue weighted by atomic mass is 10.0. The van der Waals surface area contributed by atoms with Gasteiger partial charge in [-0.15, -0.1) is 0 Å². The van der Waals surface area contributed by atoms with Gasteiger partial charge in [0.15, 0.2) is 6.29 Å². The van der Waals surface area contributed by atoms with Gasteiger partial charge in [-0.2, -0.15) is 0 Å². The molecule has 0 aliphatic carbocycles. The van der Waals surface area contributed by atoms with Gasteiger partial charge >= 0.3 is 0 Å². The Balaban J connectivity index is 1.82. The lowest BCUT2D eigenvalue weighted by Gasteiger charge is -2.28. The van der Waals surface area contributed by atoms with Gasteiger partial charge in [0.1, 0.15) is 24.0 Å². The zero-order valence-electron chi connectivity index (χ0n) is 15.6. The second-order valence-electron chi connectivity index (χ2n) is 6.85. The van der Waals surface area contributed by atoms with Crippen LogP contribution in [-0.2, 0) is 11.3 Å². The molecule has 4 rings (SSSR count). The number of carbonyl (C=O) groups excluding carboxylic acids is 3. The van der Waals surface area contributed by atoms with Crippen LogP contribution in [0.4, 0.5) is 18.9 Å². The van der Waals surface area contributed by atoms with Crippen LogP contribution < -0.4 is 10.6 Å². The van der Waals surface area contributed by atoms with Crippen molar-refractivity contribution in [2.75, 3.05) is 5.32 Å². The maximum atomic E-state index is 13.9. The molecule has 2 N–H and O–H groups in total. The summed E-state index contributed by atoms with van der Waals surface area (Å²) in [7, 11) is 0. The van der Waals surface area contributed by atoms with Crippen molar-refractivity contribution in [2.24, 2.45) is 0 Å². The van der Waals surface area contributed by atoms with E-state index in [1.807, 2.05) is 0 Å². The molecule has 3 aromatic rings. The van der Waals surface area contributed by atoms with Crippen LogP contribution >= 0.6 is 11.6 Å². The van der Waals surface area contributed by atoms with E-state index in [0.29, 0.717) is 12.4 Å². The number of benzene rings is 2. The largest absolute Gasteiger partial charge is 0.342 e. The van der Waals surface area contributed by atoms with Crippen LogP contribution in [0.25, 0.3) is 0 Å². The lowest BCUT2D eigenvalue weighted by Crippen LogP contribution is -2.40. The monoisotopic (exact) mass is 447 g/mol. The Bertz CT molecular complexity index is 1220. The first-order valence-corrected chi connectivity index (χ1v) is 9.35. The van der Waals surface area contributed by atoms with Crippen molar-refractivity contribution in [1.29, 1.82) is 0 Å². The summed E-state index contributed by atoms with van der Waals surface area (Å²) in [6, 6.07) is 6.24. The number of carbonyl (C=O) groups is 3. The number of anilines is 1. The third-order valence-corrected chi connectivity index (χ3v) is 5.16. The van der Waals surface area contributed by atoms with Gasteiger partial charge in [-0.3, -0.25) is 14.4 Å². The molecular formula is C21H13ClF3N3O3. The zero-order valence-corrected chi connectivity index (χ0v) is 16.3. The fourth-order valence-electron chi connectivity index (χ4n) is 3.53. The number of rotatable bonds is 4. The summed E-state index contributed by atoms with van der Waals surface area (Å²) in [5, 5.41) is 5.32. The summed E-state index contributed by atoms with van der Waals surface area (Å²) >= 11 is 6.21. The quantitative estimate of drug-likeness (QED) is 0.596. The van der Waals surface area contributed by atoms with Crippen LogP contribution in [0.3, 0.4) is 0 Å². The molecule has 31 heavy (non-hydrogen) atoms. The first kappa shape index (κ1) is 20.7. The van der Waals surface area contributed by atoms with E-state index < -0.39 is 35.3 Å². The number of amides is 2. The van der Waals surface area contributed by atoms with E-state index in [1.165, 1.54) is 16.7 Å². The van der Waals surface area contributed by atoms with E-state index in [0.717, 1.165) is 24.3 Å². The Kier molecular flexibility index (Phi) is 5.28. The first-order valence-electron chi connectivity index (χ1n) is 8.97. The number of hydrogen-bond acceptors (Lipinski definition) is 3. The molecule has 0 saturated heterocycles. The van der Waals surface area contributed by atoms with E-state index in [1.54, 1.807) is 0 Å². The highest BCUT2D eigenvalue weighted by Gasteiger charge is 2.33. The number of fused-ring (bicyclic) bond motifs is 1. The Morgan fingerprint density at radius 1 is 1.10 bits per heavy atom. The summed E-state index contributed by atoms with van der Waals surface area (Å²) < 4.78 is 42.2. The summed E-state index contributed by atoms with van der Waals surface area (Å²) in [6.45, 7) is -0.225. The summed E-state index contributed by atoms with van der Waals surface area (Å²) in [4.78, 5) is 36.4. The molecular weight excluding hydrogens is 435 g/mol. The Hall–Kier alpha value is -3.59. The number of hydrogen-bond donors (Lipinski definition) is 2. The molecule has 1 aliphatic heterocycles.